The van der Waals surface area contributed by atoms with Crippen molar-refractivity contribution in [3.8, 4) is 0 Å². The van der Waals surface area contributed by atoms with Crippen LogP contribution in [0.5, 0.6) is 0 Å². The highest BCUT2D eigenvalue weighted by Crippen LogP contribution is 2.31. The molecule has 0 aromatic heterocycles. The maximum absolute atomic E-state index is 12.8. The summed E-state index contributed by atoms with van der Waals surface area (Å²) in [4.78, 5) is 11.1. The van der Waals surface area contributed by atoms with Crippen molar-refractivity contribution in [2.45, 2.75) is 30.7 Å². The number of sulfonamides is 1. The number of carboxylic acid groups (broad SMARTS) is 1. The number of halogens is 1. The number of aliphatic hydroxyl groups excluding tert-OH is 1. The minimum Gasteiger partial charge on any atom is -0.478 e. The molecule has 1 heterocycles. The smallest absolute Gasteiger partial charge is 0.335 e. The largest absolute Gasteiger partial charge is 0.478 e. The van der Waals surface area contributed by atoms with Gasteiger partial charge in [-0.2, -0.15) is 4.31 Å². The summed E-state index contributed by atoms with van der Waals surface area (Å²) in [5.41, 5.74) is 0.370. The van der Waals surface area contributed by atoms with E-state index in [9.17, 15) is 18.3 Å². The zero-order chi connectivity index (χ0) is 15.8. The monoisotopic (exact) mass is 377 g/mol. The molecule has 2 rings (SSSR count). The zero-order valence-corrected chi connectivity index (χ0v) is 13.8. The first-order chi connectivity index (χ1) is 9.78. The van der Waals surface area contributed by atoms with Crippen molar-refractivity contribution in [1.29, 1.82) is 0 Å². The predicted octanol–water partition coefficient (Wildman–Crippen LogP) is 1.60. The molecule has 6 nitrogen and oxygen atoms in total. The standard InChI is InChI=1S/C13H16BrNO5S/c1-8-11(14)5-9(13(17)18)6-12(8)21(19,20)15-4-2-3-10(15)7-16/h5-6,10,16H,2-4,7H2,1H3,(H,17,18). The van der Waals surface area contributed by atoms with E-state index < -0.39 is 22.0 Å². The molecule has 0 bridgehead atoms. The van der Waals surface area contributed by atoms with E-state index in [0.29, 0.717) is 29.4 Å². The molecule has 2 N–H and O–H groups in total. The summed E-state index contributed by atoms with van der Waals surface area (Å²) < 4.78 is 27.2. The average Bonchev–Trinajstić information content (AvgIpc) is 2.90. The maximum Gasteiger partial charge on any atom is 0.335 e. The summed E-state index contributed by atoms with van der Waals surface area (Å²) in [6.45, 7) is 1.71. The molecule has 0 amide bonds. The van der Waals surface area contributed by atoms with Gasteiger partial charge in [0.15, 0.2) is 0 Å². The lowest BCUT2D eigenvalue weighted by Gasteiger charge is -2.23. The van der Waals surface area contributed by atoms with Gasteiger partial charge in [-0.15, -0.1) is 0 Å². The third kappa shape index (κ3) is 2.98. The summed E-state index contributed by atoms with van der Waals surface area (Å²) in [5, 5.41) is 18.4. The summed E-state index contributed by atoms with van der Waals surface area (Å²) in [7, 11) is -3.83. The molecule has 1 atom stereocenters. The van der Waals surface area contributed by atoms with Gasteiger partial charge in [0, 0.05) is 17.1 Å². The molecule has 0 saturated carbocycles. The lowest BCUT2D eigenvalue weighted by Crippen LogP contribution is -2.38. The number of carboxylic acids is 1. The predicted molar refractivity (Wildman–Crippen MR) is 79.8 cm³/mol. The van der Waals surface area contributed by atoms with Gasteiger partial charge in [-0.3, -0.25) is 0 Å². The van der Waals surface area contributed by atoms with Gasteiger partial charge in [0.1, 0.15) is 0 Å². The van der Waals surface area contributed by atoms with Gasteiger partial charge in [0.05, 0.1) is 17.1 Å². The summed E-state index contributed by atoms with van der Waals surface area (Å²) in [6.07, 6.45) is 1.29. The molecule has 21 heavy (non-hydrogen) atoms. The fourth-order valence-corrected chi connectivity index (χ4v) is 5.03. The van der Waals surface area contributed by atoms with E-state index in [0.717, 1.165) is 0 Å². The third-order valence-electron chi connectivity index (χ3n) is 3.66. The Bertz CT molecular complexity index is 673. The molecule has 1 unspecified atom stereocenters. The average molecular weight is 378 g/mol. The Morgan fingerprint density at radius 2 is 2.14 bits per heavy atom. The van der Waals surface area contributed by atoms with Crippen molar-refractivity contribution in [2.24, 2.45) is 0 Å². The highest BCUT2D eigenvalue weighted by molar-refractivity contribution is 9.10. The van der Waals surface area contributed by atoms with Crippen molar-refractivity contribution in [1.82, 2.24) is 4.31 Å². The molecule has 8 heteroatoms. The summed E-state index contributed by atoms with van der Waals surface area (Å²) in [5.74, 6) is -1.19. The van der Waals surface area contributed by atoms with E-state index >= 15 is 0 Å². The lowest BCUT2D eigenvalue weighted by atomic mass is 10.1. The van der Waals surface area contributed by atoms with E-state index in [1.807, 2.05) is 0 Å². The van der Waals surface area contributed by atoms with Crippen molar-refractivity contribution in [2.75, 3.05) is 13.2 Å². The number of nitrogens with zero attached hydrogens (tertiary/aromatic N) is 1. The van der Waals surface area contributed by atoms with Gasteiger partial charge in [-0.05, 0) is 37.5 Å². The maximum atomic E-state index is 12.8. The van der Waals surface area contributed by atoms with Crippen LogP contribution >= 0.6 is 15.9 Å². The van der Waals surface area contributed by atoms with Crippen LogP contribution in [0.15, 0.2) is 21.5 Å². The molecule has 1 aliphatic heterocycles. The Labute approximate surface area is 131 Å². The van der Waals surface area contributed by atoms with Crippen LogP contribution in [-0.4, -0.2) is 48.1 Å². The van der Waals surface area contributed by atoms with E-state index in [4.69, 9.17) is 5.11 Å². The number of hydrogen-bond donors (Lipinski definition) is 2. The third-order valence-corrected chi connectivity index (χ3v) is 6.57. The first kappa shape index (κ1) is 16.4. The van der Waals surface area contributed by atoms with Crippen LogP contribution in [-0.2, 0) is 10.0 Å². The fourth-order valence-electron chi connectivity index (χ4n) is 2.48. The zero-order valence-electron chi connectivity index (χ0n) is 11.4. The van der Waals surface area contributed by atoms with E-state index in [1.165, 1.54) is 16.4 Å². The van der Waals surface area contributed by atoms with Crippen LogP contribution < -0.4 is 0 Å². The van der Waals surface area contributed by atoms with E-state index in [-0.39, 0.29) is 17.1 Å². The number of aromatic carboxylic acids is 1. The molecule has 1 aromatic carbocycles. The quantitative estimate of drug-likeness (QED) is 0.830. The molecule has 1 fully saturated rings. The Balaban J connectivity index is 2.56. The number of aliphatic hydroxyl groups is 1. The first-order valence-electron chi connectivity index (χ1n) is 6.45. The Hall–Kier alpha value is -0.960. The molecule has 0 radical (unpaired) electrons. The van der Waals surface area contributed by atoms with Crippen LogP contribution in [0.3, 0.4) is 0 Å². The van der Waals surface area contributed by atoms with Crippen molar-refractivity contribution >= 4 is 31.9 Å². The molecule has 116 valence electrons. The van der Waals surface area contributed by atoms with Gasteiger partial charge in [-0.25, -0.2) is 13.2 Å². The summed E-state index contributed by atoms with van der Waals surface area (Å²) >= 11 is 3.20. The topological polar surface area (TPSA) is 94.9 Å². The van der Waals surface area contributed by atoms with Crippen molar-refractivity contribution < 1.29 is 23.4 Å². The molecule has 1 aliphatic rings. The van der Waals surface area contributed by atoms with Crippen LogP contribution in [0, 0.1) is 6.92 Å². The molecule has 1 aromatic rings. The highest BCUT2D eigenvalue weighted by Gasteiger charge is 2.36. The molecular formula is C13H16BrNO5S. The lowest BCUT2D eigenvalue weighted by molar-refractivity contribution is 0.0696. The summed E-state index contributed by atoms with van der Waals surface area (Å²) in [6, 6.07) is 2.11. The number of hydrogen-bond acceptors (Lipinski definition) is 4. The Kier molecular flexibility index (Phi) is 4.72. The number of benzene rings is 1. The Morgan fingerprint density at radius 1 is 1.48 bits per heavy atom. The minimum atomic E-state index is -3.83. The van der Waals surface area contributed by atoms with Gasteiger partial charge in [-0.1, -0.05) is 15.9 Å². The van der Waals surface area contributed by atoms with Crippen LogP contribution in [0.2, 0.25) is 0 Å². The fraction of sp³-hybridized carbons (Fsp3) is 0.462. The van der Waals surface area contributed by atoms with E-state index in [2.05, 4.69) is 15.9 Å². The molecule has 0 spiro atoms. The van der Waals surface area contributed by atoms with Gasteiger partial charge in [0.25, 0.3) is 0 Å². The van der Waals surface area contributed by atoms with Crippen molar-refractivity contribution in [3.63, 3.8) is 0 Å². The van der Waals surface area contributed by atoms with Crippen molar-refractivity contribution in [3.05, 3.63) is 27.7 Å². The normalized spacial score (nSPS) is 19.9. The molecular weight excluding hydrogens is 362 g/mol. The van der Waals surface area contributed by atoms with E-state index in [1.54, 1.807) is 6.92 Å². The first-order valence-corrected chi connectivity index (χ1v) is 8.68. The minimum absolute atomic E-state index is 0.0328. The van der Waals surface area contributed by atoms with Gasteiger partial charge in [0.2, 0.25) is 10.0 Å². The van der Waals surface area contributed by atoms with Crippen LogP contribution in [0.4, 0.5) is 0 Å². The number of carbonyl (C=O) groups is 1. The number of rotatable bonds is 4. The second-order valence-electron chi connectivity index (χ2n) is 4.98. The molecule has 1 saturated heterocycles. The van der Waals surface area contributed by atoms with Gasteiger partial charge >= 0.3 is 5.97 Å². The SMILES string of the molecule is Cc1c(Br)cc(C(=O)O)cc1S(=O)(=O)N1CCCC1CO. The Morgan fingerprint density at radius 3 is 2.71 bits per heavy atom. The van der Waals surface area contributed by atoms with Crippen LogP contribution in [0.1, 0.15) is 28.8 Å². The van der Waals surface area contributed by atoms with Gasteiger partial charge < -0.3 is 10.2 Å². The highest BCUT2D eigenvalue weighted by atomic mass is 79.9. The molecule has 0 aliphatic carbocycles. The second-order valence-corrected chi connectivity index (χ2v) is 7.69. The second kappa shape index (κ2) is 6.04. The van der Waals surface area contributed by atoms with Crippen LogP contribution in [0.25, 0.3) is 0 Å².